The van der Waals surface area contributed by atoms with Crippen molar-refractivity contribution in [2.24, 2.45) is 0 Å². The molecule has 9 aromatic rings. The van der Waals surface area contributed by atoms with Gasteiger partial charge in [-0.3, -0.25) is 0 Å². The van der Waals surface area contributed by atoms with Gasteiger partial charge >= 0.3 is 0 Å². The van der Waals surface area contributed by atoms with Gasteiger partial charge in [-0.1, -0.05) is 119 Å². The van der Waals surface area contributed by atoms with Crippen LogP contribution in [0.2, 0.25) is 0 Å². The molecule has 0 aliphatic carbocycles. The summed E-state index contributed by atoms with van der Waals surface area (Å²) < 4.78 is 7.76. The van der Waals surface area contributed by atoms with Crippen LogP contribution in [0.15, 0.2) is 120 Å². The fourth-order valence-corrected chi connectivity index (χ4v) is 8.52. The van der Waals surface area contributed by atoms with Crippen LogP contribution < -0.4 is 0 Å². The number of hydrogen-bond donors (Lipinski definition) is 0. The summed E-state index contributed by atoms with van der Waals surface area (Å²) >= 11 is 1.75. The molecule has 0 aliphatic heterocycles. The number of furan rings is 1. The molecule has 0 atom stereocenters. The third-order valence-electron chi connectivity index (χ3n) is 10.6. The van der Waals surface area contributed by atoms with Crippen LogP contribution in [0.4, 0.5) is 0 Å². The number of aryl methyl sites for hydroxylation is 4. The standard InChI is InChI=1S/C33H31N2OS.C19H16N.Ir/c1-18(2)24-16-26(34-17-25(24)28-19(3)10-8-11-20(28)4)23-13-9-12-21-22-14-15-27-29(31(22)36-30(21)23)35-32(37-27)33(5,6)7;1-14-8-10-17(11-9-14)19-12-18(15(2)13-20-19)16-6-4-3-5-7-16;/h8-12,14-18H,1-7H3;3-10,12-13H,1-2H3;/q2*-1;. The van der Waals surface area contributed by atoms with Crippen LogP contribution in [0, 0.1) is 39.8 Å². The molecule has 293 valence electrons. The molecule has 9 rings (SSSR count). The molecule has 0 N–H and O–H groups in total. The monoisotopic (exact) mass is 954 g/mol. The smallest absolute Gasteiger partial charge is 0.148 e. The van der Waals surface area contributed by atoms with Crippen LogP contribution in [0.5, 0.6) is 0 Å². The number of aromatic nitrogens is 3. The summed E-state index contributed by atoms with van der Waals surface area (Å²) in [5.41, 5.74) is 17.5. The van der Waals surface area contributed by atoms with Crippen molar-refractivity contribution >= 4 is 43.5 Å². The second kappa shape index (κ2) is 16.5. The van der Waals surface area contributed by atoms with Crippen LogP contribution in [-0.4, -0.2) is 15.0 Å². The Morgan fingerprint density at radius 2 is 1.41 bits per heavy atom. The SMILES string of the molecule is Cc1c[c-]c(-c2cc(-c3ccccc3)c(C)cn2)cc1.Cc1cccc(C)c1-c1cnc(-c2[c-]ccc3c2oc2c3ccc3sc(C(C)(C)C)nc32)cc1C(C)C.[Ir]. The quantitative estimate of drug-likeness (QED) is 0.161. The Balaban J connectivity index is 0.000000206. The molecule has 0 unspecified atom stereocenters. The number of pyridine rings is 2. The predicted molar refractivity (Wildman–Crippen MR) is 240 cm³/mol. The van der Waals surface area contributed by atoms with E-state index in [1.807, 2.05) is 30.6 Å². The zero-order valence-electron chi connectivity index (χ0n) is 34.5. The van der Waals surface area contributed by atoms with Crippen LogP contribution in [-0.2, 0) is 25.5 Å². The van der Waals surface area contributed by atoms with E-state index < -0.39 is 0 Å². The van der Waals surface area contributed by atoms with Crippen molar-refractivity contribution in [1.29, 1.82) is 0 Å². The van der Waals surface area contributed by atoms with Crippen LogP contribution in [0.3, 0.4) is 0 Å². The Bertz CT molecular complexity index is 2880. The molecule has 0 saturated carbocycles. The van der Waals surface area contributed by atoms with Gasteiger partial charge in [-0.15, -0.1) is 64.9 Å². The average molecular weight is 954 g/mol. The molecule has 5 aromatic carbocycles. The second-order valence-electron chi connectivity index (χ2n) is 16.4. The molecule has 0 spiro atoms. The number of rotatable bonds is 5. The molecule has 58 heavy (non-hydrogen) atoms. The minimum absolute atomic E-state index is 0. The van der Waals surface area contributed by atoms with Crippen molar-refractivity contribution in [1.82, 2.24) is 15.0 Å². The van der Waals surface area contributed by atoms with Gasteiger partial charge < -0.3 is 14.4 Å². The van der Waals surface area contributed by atoms with Gasteiger partial charge in [-0.2, -0.15) is 0 Å². The summed E-state index contributed by atoms with van der Waals surface area (Å²) in [7, 11) is 0. The van der Waals surface area contributed by atoms with Gasteiger partial charge in [0.1, 0.15) is 11.1 Å². The first-order chi connectivity index (χ1) is 27.4. The Labute approximate surface area is 359 Å². The van der Waals surface area contributed by atoms with E-state index in [0.717, 1.165) is 59.7 Å². The minimum Gasteiger partial charge on any atom is -0.498 e. The summed E-state index contributed by atoms with van der Waals surface area (Å²) in [4.78, 5) is 14.5. The summed E-state index contributed by atoms with van der Waals surface area (Å²) in [6.07, 6.45) is 3.97. The maximum atomic E-state index is 6.60. The molecule has 0 fully saturated rings. The minimum atomic E-state index is -0.00462. The maximum Gasteiger partial charge on any atom is 0.148 e. The summed E-state index contributed by atoms with van der Waals surface area (Å²) in [5, 5.41) is 3.27. The first kappa shape index (κ1) is 40.9. The number of hydrogen-bond acceptors (Lipinski definition) is 5. The van der Waals surface area contributed by atoms with Gasteiger partial charge in [0.2, 0.25) is 0 Å². The van der Waals surface area contributed by atoms with Gasteiger partial charge in [0.05, 0.1) is 15.3 Å². The van der Waals surface area contributed by atoms with E-state index in [4.69, 9.17) is 14.4 Å². The van der Waals surface area contributed by atoms with Crippen molar-refractivity contribution < 1.29 is 24.5 Å². The van der Waals surface area contributed by atoms with E-state index in [9.17, 15) is 0 Å². The third-order valence-corrected chi connectivity index (χ3v) is 12.0. The molecule has 0 saturated heterocycles. The molecular weight excluding hydrogens is 907 g/mol. The number of thiazole rings is 1. The fraction of sp³-hybridized carbons (Fsp3) is 0.212. The molecule has 6 heteroatoms. The summed E-state index contributed by atoms with van der Waals surface area (Å²) in [5.74, 6) is 0.344. The van der Waals surface area contributed by atoms with E-state index >= 15 is 0 Å². The molecule has 1 radical (unpaired) electrons. The van der Waals surface area contributed by atoms with Crippen LogP contribution in [0.1, 0.15) is 73.4 Å². The molecule has 0 amide bonds. The molecule has 0 aliphatic rings. The molecular formula is C52H47IrN3OS-2. The average Bonchev–Trinajstić information content (AvgIpc) is 3.82. The molecule has 4 heterocycles. The van der Waals surface area contributed by atoms with Gasteiger partial charge in [0, 0.05) is 48.9 Å². The number of benzene rings is 5. The fourth-order valence-electron chi connectivity index (χ4n) is 7.50. The maximum absolute atomic E-state index is 6.60. The Hall–Kier alpha value is -5.26. The Morgan fingerprint density at radius 3 is 2.10 bits per heavy atom. The zero-order chi connectivity index (χ0) is 40.0. The molecule has 4 nitrogen and oxygen atoms in total. The van der Waals surface area contributed by atoms with Gasteiger partial charge in [-0.25, -0.2) is 4.98 Å². The van der Waals surface area contributed by atoms with E-state index in [0.29, 0.717) is 5.92 Å². The van der Waals surface area contributed by atoms with Gasteiger partial charge in [0.25, 0.3) is 0 Å². The van der Waals surface area contributed by atoms with Gasteiger partial charge in [0.15, 0.2) is 0 Å². The third kappa shape index (κ3) is 7.94. The number of nitrogens with zero attached hydrogens (tertiary/aromatic N) is 3. The van der Waals surface area contributed by atoms with Crippen molar-refractivity contribution in [3.63, 3.8) is 0 Å². The largest absolute Gasteiger partial charge is 0.498 e. The first-order valence-corrected chi connectivity index (χ1v) is 20.4. The van der Waals surface area contributed by atoms with Crippen molar-refractivity contribution in [2.75, 3.05) is 0 Å². The Morgan fingerprint density at radius 1 is 0.690 bits per heavy atom. The van der Waals surface area contributed by atoms with Crippen molar-refractivity contribution in [2.45, 2.75) is 73.6 Å². The van der Waals surface area contributed by atoms with Crippen LogP contribution >= 0.6 is 11.3 Å². The molecule has 0 bridgehead atoms. The van der Waals surface area contributed by atoms with E-state index in [2.05, 4.69) is 164 Å². The Kier molecular flexibility index (Phi) is 11.7. The van der Waals surface area contributed by atoms with E-state index in [1.165, 1.54) is 50.1 Å². The summed E-state index contributed by atoms with van der Waals surface area (Å²) in [6.45, 7) is 19.6. The van der Waals surface area contributed by atoms with Crippen molar-refractivity contribution in [3.8, 4) is 44.8 Å². The summed E-state index contributed by atoms with van der Waals surface area (Å²) in [6, 6.07) is 42.5. The molecule has 4 aromatic heterocycles. The topological polar surface area (TPSA) is 51.8 Å². The predicted octanol–water partition coefficient (Wildman–Crippen LogP) is 14.6. The zero-order valence-corrected chi connectivity index (χ0v) is 37.8. The van der Waals surface area contributed by atoms with Gasteiger partial charge in [-0.05, 0) is 83.1 Å². The van der Waals surface area contributed by atoms with Crippen LogP contribution in [0.25, 0.3) is 76.9 Å². The normalized spacial score (nSPS) is 11.6. The second-order valence-corrected chi connectivity index (χ2v) is 17.4. The van der Waals surface area contributed by atoms with E-state index in [-0.39, 0.29) is 25.5 Å². The number of fused-ring (bicyclic) bond motifs is 5. The van der Waals surface area contributed by atoms with Crippen molar-refractivity contribution in [3.05, 3.63) is 160 Å². The van der Waals surface area contributed by atoms with E-state index in [1.54, 1.807) is 11.3 Å². The first-order valence-electron chi connectivity index (χ1n) is 19.6.